The molecule has 0 aliphatic rings. The minimum Gasteiger partial charge on any atom is -0.494 e. The second kappa shape index (κ2) is 10.5. The van der Waals surface area contributed by atoms with Crippen molar-refractivity contribution in [2.75, 3.05) is 29.0 Å². The van der Waals surface area contributed by atoms with Gasteiger partial charge in [0.1, 0.15) is 18.1 Å². The van der Waals surface area contributed by atoms with E-state index in [-0.39, 0.29) is 10.6 Å². The van der Waals surface area contributed by atoms with Gasteiger partial charge in [-0.05, 0) is 79.9 Å². The Bertz CT molecular complexity index is 1170. The van der Waals surface area contributed by atoms with Crippen LogP contribution in [-0.4, -0.2) is 33.7 Å². The fourth-order valence-electron chi connectivity index (χ4n) is 2.96. The number of hydrogen-bond donors (Lipinski definition) is 1. The fraction of sp³-hybridized carbons (Fsp3) is 0.174. The third-order valence-corrected chi connectivity index (χ3v) is 6.99. The summed E-state index contributed by atoms with van der Waals surface area (Å²) in [6.45, 7) is 1.85. The van der Waals surface area contributed by atoms with Crippen LogP contribution < -0.4 is 14.4 Å². The molecule has 0 unspecified atom stereocenters. The summed E-state index contributed by atoms with van der Waals surface area (Å²) in [5.74, 6) is -0.487. The molecular weight excluding hydrogens is 451 g/mol. The SMILES string of the molecule is CCOc1ccc(N(CC(=O)Nc2cccc(SC)c2)S(=O)(=O)c2ccc(F)cc2)cc1. The van der Waals surface area contributed by atoms with Gasteiger partial charge in [-0.25, -0.2) is 12.8 Å². The quantitative estimate of drug-likeness (QED) is 0.452. The molecular formula is C23H23FN2O4S2. The summed E-state index contributed by atoms with van der Waals surface area (Å²) in [7, 11) is -4.14. The molecule has 0 atom stereocenters. The molecule has 0 aromatic heterocycles. The summed E-state index contributed by atoms with van der Waals surface area (Å²) in [6.07, 6.45) is 1.92. The number of ether oxygens (including phenoxy) is 1. The molecule has 0 bridgehead atoms. The van der Waals surface area contributed by atoms with Gasteiger partial charge in [0.25, 0.3) is 10.0 Å². The summed E-state index contributed by atoms with van der Waals surface area (Å²) >= 11 is 1.53. The Kier molecular flexibility index (Phi) is 7.76. The van der Waals surface area contributed by atoms with Gasteiger partial charge in [-0.1, -0.05) is 6.07 Å². The van der Waals surface area contributed by atoms with Gasteiger partial charge in [0.2, 0.25) is 5.91 Å². The summed E-state index contributed by atoms with van der Waals surface area (Å²) in [6, 6.07) is 18.1. The minimum absolute atomic E-state index is 0.120. The smallest absolute Gasteiger partial charge is 0.264 e. The number of nitrogens with zero attached hydrogens (tertiary/aromatic N) is 1. The standard InChI is InChI=1S/C23H23FN2O4S2/c1-3-30-20-11-9-19(10-12-20)26(32(28,29)22-13-7-17(24)8-14-22)16-23(27)25-18-5-4-6-21(15-18)31-2/h4-15H,3,16H2,1-2H3,(H,25,27). The van der Waals surface area contributed by atoms with E-state index in [2.05, 4.69) is 5.32 Å². The number of amides is 1. The first kappa shape index (κ1) is 23.6. The van der Waals surface area contributed by atoms with E-state index in [0.717, 1.165) is 21.3 Å². The molecule has 3 aromatic rings. The van der Waals surface area contributed by atoms with Crippen molar-refractivity contribution in [3.8, 4) is 5.75 Å². The minimum atomic E-state index is -4.14. The van der Waals surface area contributed by atoms with E-state index in [9.17, 15) is 17.6 Å². The molecule has 0 aliphatic heterocycles. The number of sulfonamides is 1. The monoisotopic (exact) mass is 474 g/mol. The number of benzene rings is 3. The van der Waals surface area contributed by atoms with Crippen LogP contribution in [0, 0.1) is 5.82 Å². The van der Waals surface area contributed by atoms with Gasteiger partial charge in [-0.15, -0.1) is 11.8 Å². The zero-order valence-electron chi connectivity index (χ0n) is 17.6. The first-order valence-corrected chi connectivity index (χ1v) is 12.4. The highest BCUT2D eigenvalue weighted by Gasteiger charge is 2.27. The normalized spacial score (nSPS) is 11.1. The molecule has 0 radical (unpaired) electrons. The van der Waals surface area contributed by atoms with Crippen molar-refractivity contribution in [3.63, 3.8) is 0 Å². The van der Waals surface area contributed by atoms with Crippen molar-refractivity contribution >= 4 is 39.1 Å². The lowest BCUT2D eigenvalue weighted by atomic mass is 10.3. The topological polar surface area (TPSA) is 75.7 Å². The van der Waals surface area contributed by atoms with Crippen LogP contribution in [0.15, 0.2) is 82.6 Å². The lowest BCUT2D eigenvalue weighted by molar-refractivity contribution is -0.114. The molecule has 168 valence electrons. The van der Waals surface area contributed by atoms with Crippen molar-refractivity contribution in [3.05, 3.63) is 78.6 Å². The average Bonchev–Trinajstić information content (AvgIpc) is 2.79. The maximum absolute atomic E-state index is 13.3. The summed E-state index contributed by atoms with van der Waals surface area (Å²) in [5, 5.41) is 2.74. The fourth-order valence-corrected chi connectivity index (χ4v) is 4.84. The molecule has 1 amide bonds. The number of hydrogen-bond acceptors (Lipinski definition) is 5. The second-order valence-electron chi connectivity index (χ2n) is 6.67. The Labute approximate surface area is 191 Å². The van der Waals surface area contributed by atoms with Gasteiger partial charge in [0, 0.05) is 10.6 Å². The zero-order chi connectivity index (χ0) is 23.1. The molecule has 0 aliphatic carbocycles. The lowest BCUT2D eigenvalue weighted by Crippen LogP contribution is -2.38. The largest absolute Gasteiger partial charge is 0.494 e. The molecule has 3 aromatic carbocycles. The van der Waals surface area contributed by atoms with E-state index in [1.165, 1.54) is 23.9 Å². The molecule has 0 heterocycles. The number of carbonyl (C=O) groups is 1. The molecule has 0 saturated heterocycles. The van der Waals surface area contributed by atoms with Crippen molar-refractivity contribution in [1.29, 1.82) is 0 Å². The van der Waals surface area contributed by atoms with Crippen molar-refractivity contribution < 1.29 is 22.3 Å². The number of nitrogens with one attached hydrogen (secondary N) is 1. The molecule has 6 nitrogen and oxygen atoms in total. The van der Waals surface area contributed by atoms with Gasteiger partial charge in [-0.3, -0.25) is 9.10 Å². The van der Waals surface area contributed by atoms with E-state index in [1.807, 2.05) is 19.2 Å². The van der Waals surface area contributed by atoms with Gasteiger partial charge < -0.3 is 10.1 Å². The van der Waals surface area contributed by atoms with Crippen LogP contribution in [0.3, 0.4) is 0 Å². The Morgan fingerprint density at radius 1 is 1.06 bits per heavy atom. The van der Waals surface area contributed by atoms with Gasteiger partial charge in [-0.2, -0.15) is 0 Å². The van der Waals surface area contributed by atoms with Gasteiger partial charge in [0.15, 0.2) is 0 Å². The molecule has 0 saturated carbocycles. The first-order chi connectivity index (χ1) is 15.3. The molecule has 3 rings (SSSR count). The molecule has 1 N–H and O–H groups in total. The third kappa shape index (κ3) is 5.80. The first-order valence-electron chi connectivity index (χ1n) is 9.78. The van der Waals surface area contributed by atoms with Crippen LogP contribution in [0.2, 0.25) is 0 Å². The highest BCUT2D eigenvalue weighted by Crippen LogP contribution is 2.26. The Morgan fingerprint density at radius 3 is 2.38 bits per heavy atom. The van der Waals surface area contributed by atoms with Crippen molar-refractivity contribution in [2.24, 2.45) is 0 Å². The Hall–Kier alpha value is -3.04. The maximum atomic E-state index is 13.3. The van der Waals surface area contributed by atoms with Crippen LogP contribution in [0.4, 0.5) is 15.8 Å². The summed E-state index contributed by atoms with van der Waals surface area (Å²) < 4.78 is 46.4. The highest BCUT2D eigenvalue weighted by atomic mass is 32.2. The third-order valence-electron chi connectivity index (χ3n) is 4.48. The van der Waals surface area contributed by atoms with Crippen LogP contribution in [0.5, 0.6) is 5.75 Å². The number of rotatable bonds is 9. The van der Waals surface area contributed by atoms with E-state index >= 15 is 0 Å². The predicted molar refractivity (Wildman–Crippen MR) is 125 cm³/mol. The Morgan fingerprint density at radius 2 is 1.75 bits per heavy atom. The van der Waals surface area contributed by atoms with Crippen LogP contribution in [0.1, 0.15) is 6.92 Å². The van der Waals surface area contributed by atoms with Gasteiger partial charge in [0.05, 0.1) is 17.2 Å². The number of thioether (sulfide) groups is 1. The maximum Gasteiger partial charge on any atom is 0.264 e. The summed E-state index contributed by atoms with van der Waals surface area (Å²) in [5.41, 5.74) is 0.846. The van der Waals surface area contributed by atoms with E-state index in [0.29, 0.717) is 18.0 Å². The van der Waals surface area contributed by atoms with Gasteiger partial charge >= 0.3 is 0 Å². The number of halogens is 1. The molecule has 0 spiro atoms. The van der Waals surface area contributed by atoms with E-state index in [1.54, 1.807) is 42.5 Å². The summed E-state index contributed by atoms with van der Waals surface area (Å²) in [4.78, 5) is 13.6. The van der Waals surface area contributed by atoms with Crippen LogP contribution in [-0.2, 0) is 14.8 Å². The Balaban J connectivity index is 1.92. The van der Waals surface area contributed by atoms with E-state index < -0.39 is 28.3 Å². The predicted octanol–water partition coefficient (Wildman–Crippen LogP) is 4.78. The zero-order valence-corrected chi connectivity index (χ0v) is 19.3. The van der Waals surface area contributed by atoms with Crippen molar-refractivity contribution in [2.45, 2.75) is 16.7 Å². The van der Waals surface area contributed by atoms with E-state index in [4.69, 9.17) is 4.74 Å². The average molecular weight is 475 g/mol. The van der Waals surface area contributed by atoms with Crippen molar-refractivity contribution in [1.82, 2.24) is 0 Å². The van der Waals surface area contributed by atoms with Crippen LogP contribution in [0.25, 0.3) is 0 Å². The molecule has 32 heavy (non-hydrogen) atoms. The second-order valence-corrected chi connectivity index (χ2v) is 9.41. The highest BCUT2D eigenvalue weighted by molar-refractivity contribution is 7.98. The molecule has 0 fully saturated rings. The molecule has 9 heteroatoms. The number of carbonyl (C=O) groups excluding carboxylic acids is 1. The number of anilines is 2. The lowest BCUT2D eigenvalue weighted by Gasteiger charge is -2.24. The van der Waals surface area contributed by atoms with Crippen LogP contribution >= 0.6 is 11.8 Å².